The number of rotatable bonds is 5. The van der Waals surface area contributed by atoms with Gasteiger partial charge in [-0.1, -0.05) is 34.8 Å². The predicted octanol–water partition coefficient (Wildman–Crippen LogP) is 8.18. The quantitative estimate of drug-likeness (QED) is 0.140. The minimum Gasteiger partial charge on any atom is -0.451 e. The largest absolute Gasteiger partial charge is 0.451 e. The van der Waals surface area contributed by atoms with Crippen LogP contribution in [0.15, 0.2) is 52.9 Å². The van der Waals surface area contributed by atoms with Crippen LogP contribution in [0.1, 0.15) is 10.6 Å². The Morgan fingerprint density at radius 1 is 0.700 bits per heavy atom. The molecular weight excluding hydrogens is 600 g/mol. The number of nitrogens with zero attached hydrogens (tertiary/aromatic N) is 2. The molecule has 1 aliphatic heterocycles. The van der Waals surface area contributed by atoms with Gasteiger partial charge in [-0.05, 0) is 48.5 Å². The van der Waals surface area contributed by atoms with Crippen molar-refractivity contribution in [3.8, 4) is 11.3 Å². The number of halogens is 8. The normalized spacial score (nSPS) is 13.6. The zero-order chi connectivity index (χ0) is 28.7. The van der Waals surface area contributed by atoms with Crippen molar-refractivity contribution in [1.82, 2.24) is 0 Å². The molecule has 4 aromatic rings. The average molecular weight is 617 g/mol. The number of nitrogens with one attached hydrogen (secondary N) is 1. The molecule has 1 amide bonds. The van der Waals surface area contributed by atoms with Gasteiger partial charge in [0.05, 0.1) is 20.8 Å². The average Bonchev–Trinajstić information content (AvgIpc) is 3.44. The summed E-state index contributed by atoms with van der Waals surface area (Å²) in [4.78, 5) is 15.6. The van der Waals surface area contributed by atoms with E-state index < -0.39 is 40.7 Å². The van der Waals surface area contributed by atoms with Crippen LogP contribution in [0.2, 0.25) is 15.1 Å². The molecule has 1 aromatic heterocycles. The van der Waals surface area contributed by atoms with E-state index in [2.05, 4.69) is 5.32 Å². The zero-order valence-corrected chi connectivity index (χ0v) is 22.4. The summed E-state index contributed by atoms with van der Waals surface area (Å²) in [5, 5.41) is 3.70. The fourth-order valence-corrected chi connectivity index (χ4v) is 4.94. The van der Waals surface area contributed by atoms with Gasteiger partial charge in [0, 0.05) is 37.4 Å². The first-order valence-corrected chi connectivity index (χ1v) is 12.9. The summed E-state index contributed by atoms with van der Waals surface area (Å²) in [7, 11) is 0. The van der Waals surface area contributed by atoms with Crippen LogP contribution in [0.3, 0.4) is 0 Å². The second-order valence-electron chi connectivity index (χ2n) is 8.81. The third kappa shape index (κ3) is 5.31. The summed E-state index contributed by atoms with van der Waals surface area (Å²) in [6.45, 7) is 0.337. The summed E-state index contributed by atoms with van der Waals surface area (Å²) >= 11 is 18.4. The summed E-state index contributed by atoms with van der Waals surface area (Å²) in [5.74, 6) is -9.98. The number of hydrogen-bond donors (Lipinski definition) is 1. The molecular formula is C27H17Cl3F5N3O2. The molecule has 3 aromatic carbocycles. The number of furan rings is 1. The Kier molecular flexibility index (Phi) is 7.85. The standard InChI is InChI=1S/C27H17Cl3F5N3O2/c28-15-3-1-13(11-16(15)29)19-5-6-20(40-19)27(39)36-14-2-4-18(17(30)12-14)37-7-9-38(10-8-37)26-24(34)22(32)21(31)23(33)25(26)35/h1-6,11-12H,7-10H2,(H,36,39). The third-order valence-electron chi connectivity index (χ3n) is 6.36. The van der Waals surface area contributed by atoms with Gasteiger partial charge in [0.25, 0.3) is 5.91 Å². The van der Waals surface area contributed by atoms with Gasteiger partial charge in [0.15, 0.2) is 29.0 Å². The van der Waals surface area contributed by atoms with Gasteiger partial charge in [-0.2, -0.15) is 0 Å². The summed E-state index contributed by atoms with van der Waals surface area (Å²) in [6.07, 6.45) is 0. The molecule has 0 spiro atoms. The van der Waals surface area contributed by atoms with E-state index in [9.17, 15) is 26.7 Å². The fourth-order valence-electron chi connectivity index (χ4n) is 4.34. The van der Waals surface area contributed by atoms with Gasteiger partial charge in [0.1, 0.15) is 11.4 Å². The van der Waals surface area contributed by atoms with Crippen LogP contribution in [0.25, 0.3) is 11.3 Å². The Labute approximate surface area is 239 Å². The maximum absolute atomic E-state index is 14.2. The first-order chi connectivity index (χ1) is 19.0. The highest BCUT2D eigenvalue weighted by molar-refractivity contribution is 6.42. The van der Waals surface area contributed by atoms with Crippen molar-refractivity contribution >= 4 is 57.8 Å². The summed E-state index contributed by atoms with van der Waals surface area (Å²) in [5.41, 5.74) is 0.629. The van der Waals surface area contributed by atoms with Gasteiger partial charge in [0.2, 0.25) is 5.82 Å². The van der Waals surface area contributed by atoms with Crippen molar-refractivity contribution in [3.63, 3.8) is 0 Å². The molecule has 1 saturated heterocycles. The summed E-state index contributed by atoms with van der Waals surface area (Å²) < 4.78 is 74.7. The van der Waals surface area contributed by atoms with Crippen LogP contribution < -0.4 is 15.1 Å². The zero-order valence-electron chi connectivity index (χ0n) is 20.2. The maximum atomic E-state index is 14.2. The minimum atomic E-state index is -2.20. The van der Waals surface area contributed by atoms with E-state index in [4.69, 9.17) is 39.2 Å². The highest BCUT2D eigenvalue weighted by atomic mass is 35.5. The molecule has 1 aliphatic rings. The van der Waals surface area contributed by atoms with E-state index in [1.807, 2.05) is 0 Å². The van der Waals surface area contributed by atoms with Gasteiger partial charge >= 0.3 is 0 Å². The topological polar surface area (TPSA) is 48.7 Å². The predicted molar refractivity (Wildman–Crippen MR) is 144 cm³/mol. The molecule has 0 saturated carbocycles. The van der Waals surface area contributed by atoms with E-state index in [1.54, 1.807) is 41.3 Å². The van der Waals surface area contributed by atoms with Crippen molar-refractivity contribution < 1.29 is 31.2 Å². The molecule has 5 nitrogen and oxygen atoms in total. The highest BCUT2D eigenvalue weighted by Crippen LogP contribution is 2.34. The van der Waals surface area contributed by atoms with Crippen molar-refractivity contribution in [2.45, 2.75) is 0 Å². The number of amides is 1. The van der Waals surface area contributed by atoms with Crippen molar-refractivity contribution in [1.29, 1.82) is 0 Å². The lowest BCUT2D eigenvalue weighted by molar-refractivity contribution is 0.0997. The van der Waals surface area contributed by atoms with Crippen molar-refractivity contribution in [2.24, 2.45) is 0 Å². The van der Waals surface area contributed by atoms with Crippen LogP contribution in [-0.4, -0.2) is 32.1 Å². The Balaban J connectivity index is 1.25. The molecule has 1 N–H and O–H groups in total. The number of anilines is 3. The van der Waals surface area contributed by atoms with Gasteiger partial charge in [-0.25, -0.2) is 22.0 Å². The number of benzene rings is 3. The summed E-state index contributed by atoms with van der Waals surface area (Å²) in [6, 6.07) is 12.8. The number of carbonyl (C=O) groups excluding carboxylic acids is 1. The highest BCUT2D eigenvalue weighted by Gasteiger charge is 2.31. The molecule has 0 bridgehead atoms. The van der Waals surface area contributed by atoms with E-state index in [-0.39, 0.29) is 37.0 Å². The second-order valence-corrected chi connectivity index (χ2v) is 10.0. The Bertz CT molecular complexity index is 1590. The van der Waals surface area contributed by atoms with Crippen LogP contribution in [0.4, 0.5) is 39.0 Å². The minimum absolute atomic E-state index is 0.0210. The van der Waals surface area contributed by atoms with E-state index in [0.717, 1.165) is 4.90 Å². The fraction of sp³-hybridized carbons (Fsp3) is 0.148. The van der Waals surface area contributed by atoms with Gasteiger partial charge in [-0.15, -0.1) is 0 Å². The molecule has 0 aliphatic carbocycles. The van der Waals surface area contributed by atoms with E-state index >= 15 is 0 Å². The van der Waals surface area contributed by atoms with E-state index in [0.29, 0.717) is 32.7 Å². The maximum Gasteiger partial charge on any atom is 0.291 e. The lowest BCUT2D eigenvalue weighted by Crippen LogP contribution is -2.47. The Morgan fingerprint density at radius 2 is 1.32 bits per heavy atom. The molecule has 0 unspecified atom stereocenters. The van der Waals surface area contributed by atoms with Gasteiger partial charge < -0.3 is 19.5 Å². The molecule has 0 atom stereocenters. The van der Waals surface area contributed by atoms with Gasteiger partial charge in [-0.3, -0.25) is 4.79 Å². The Morgan fingerprint density at radius 3 is 1.95 bits per heavy atom. The number of hydrogen-bond acceptors (Lipinski definition) is 4. The first kappa shape index (κ1) is 28.1. The second kappa shape index (κ2) is 11.2. The lowest BCUT2D eigenvalue weighted by Gasteiger charge is -2.38. The van der Waals surface area contributed by atoms with Crippen LogP contribution in [0, 0.1) is 29.1 Å². The van der Waals surface area contributed by atoms with Crippen LogP contribution >= 0.6 is 34.8 Å². The van der Waals surface area contributed by atoms with E-state index in [1.165, 1.54) is 12.1 Å². The molecule has 208 valence electrons. The third-order valence-corrected chi connectivity index (χ3v) is 7.40. The smallest absolute Gasteiger partial charge is 0.291 e. The Hall–Kier alpha value is -3.47. The van der Waals surface area contributed by atoms with Crippen molar-refractivity contribution in [2.75, 3.05) is 41.3 Å². The molecule has 5 rings (SSSR count). The first-order valence-electron chi connectivity index (χ1n) is 11.7. The molecule has 13 heteroatoms. The molecule has 1 fully saturated rings. The monoisotopic (exact) mass is 615 g/mol. The molecule has 0 radical (unpaired) electrons. The number of carbonyl (C=O) groups is 1. The lowest BCUT2D eigenvalue weighted by atomic mass is 10.2. The SMILES string of the molecule is O=C(Nc1ccc(N2CCN(c3c(F)c(F)c(F)c(F)c3F)CC2)c(Cl)c1)c1ccc(-c2ccc(Cl)c(Cl)c2)o1. The molecule has 40 heavy (non-hydrogen) atoms. The van der Waals surface area contributed by atoms with Crippen LogP contribution in [0.5, 0.6) is 0 Å². The van der Waals surface area contributed by atoms with Crippen LogP contribution in [-0.2, 0) is 0 Å². The molecule has 2 heterocycles. The van der Waals surface area contributed by atoms with Crippen molar-refractivity contribution in [3.05, 3.63) is 98.4 Å². The number of piperazine rings is 1.